The Morgan fingerprint density at radius 2 is 1.96 bits per heavy atom. The van der Waals surface area contributed by atoms with Crippen molar-refractivity contribution in [3.05, 3.63) is 53.3 Å². The summed E-state index contributed by atoms with van der Waals surface area (Å²) < 4.78 is 14.1. The predicted octanol–water partition coefficient (Wildman–Crippen LogP) is 4.02. The average Bonchev–Trinajstić information content (AvgIpc) is 2.99. The molecule has 26 heavy (non-hydrogen) atoms. The molecule has 0 unspecified atom stereocenters. The third-order valence-corrected chi connectivity index (χ3v) is 4.94. The number of nitrogens with zero attached hydrogens (tertiary/aromatic N) is 2. The fourth-order valence-corrected chi connectivity index (χ4v) is 3.69. The molecule has 0 N–H and O–H groups in total. The van der Waals surface area contributed by atoms with Crippen LogP contribution in [0.4, 0.5) is 0 Å². The van der Waals surface area contributed by atoms with Gasteiger partial charge in [-0.2, -0.15) is 4.99 Å². The van der Waals surface area contributed by atoms with Gasteiger partial charge in [0.25, 0.3) is 5.91 Å². The number of aryl methyl sites for hydroxylation is 1. The van der Waals surface area contributed by atoms with Crippen molar-refractivity contribution in [3.8, 4) is 11.5 Å². The van der Waals surface area contributed by atoms with E-state index >= 15 is 0 Å². The molecular weight excluding hydrogens is 348 g/mol. The minimum absolute atomic E-state index is 0.177. The molecule has 1 aromatic heterocycles. The first-order valence-corrected chi connectivity index (χ1v) is 9.45. The molecule has 0 bridgehead atoms. The van der Waals surface area contributed by atoms with Crippen molar-refractivity contribution >= 4 is 27.5 Å². The number of para-hydroxylation sites is 1. The molecule has 0 radical (unpaired) electrons. The number of fused-ring (bicyclic) bond motifs is 1. The van der Waals surface area contributed by atoms with Gasteiger partial charge in [0.1, 0.15) is 11.5 Å². The number of rotatable bonds is 7. The number of benzene rings is 2. The molecule has 0 saturated heterocycles. The van der Waals surface area contributed by atoms with Crippen LogP contribution in [0.2, 0.25) is 0 Å². The summed E-state index contributed by atoms with van der Waals surface area (Å²) in [4.78, 5) is 17.3. The lowest BCUT2D eigenvalue weighted by Crippen LogP contribution is -2.17. The van der Waals surface area contributed by atoms with Crippen LogP contribution in [-0.4, -0.2) is 24.2 Å². The van der Waals surface area contributed by atoms with Gasteiger partial charge in [-0.05, 0) is 30.7 Å². The van der Waals surface area contributed by atoms with E-state index in [-0.39, 0.29) is 12.3 Å². The van der Waals surface area contributed by atoms with Gasteiger partial charge in [-0.15, -0.1) is 0 Å². The number of aromatic nitrogens is 1. The molecule has 2 aromatic carbocycles. The molecule has 3 rings (SSSR count). The van der Waals surface area contributed by atoms with E-state index in [9.17, 15) is 4.79 Å². The molecule has 0 atom stereocenters. The lowest BCUT2D eigenvalue weighted by Gasteiger charge is -2.05. The quantitative estimate of drug-likeness (QED) is 0.631. The summed E-state index contributed by atoms with van der Waals surface area (Å²) in [5, 5.41) is 0. The van der Waals surface area contributed by atoms with Crippen LogP contribution in [0.25, 0.3) is 10.2 Å². The van der Waals surface area contributed by atoms with E-state index in [0.717, 1.165) is 39.5 Å². The Hall–Kier alpha value is -2.60. The smallest absolute Gasteiger partial charge is 0.251 e. The van der Waals surface area contributed by atoms with Gasteiger partial charge < -0.3 is 14.0 Å². The lowest BCUT2D eigenvalue weighted by molar-refractivity contribution is -0.118. The van der Waals surface area contributed by atoms with Gasteiger partial charge >= 0.3 is 0 Å². The molecule has 6 heteroatoms. The lowest BCUT2D eigenvalue weighted by atomic mass is 10.3. The number of thiazole rings is 1. The Morgan fingerprint density at radius 1 is 1.15 bits per heavy atom. The van der Waals surface area contributed by atoms with Crippen LogP contribution in [0.15, 0.2) is 53.5 Å². The molecule has 5 nitrogen and oxygen atoms in total. The molecule has 1 heterocycles. The van der Waals surface area contributed by atoms with Gasteiger partial charge in [-0.1, -0.05) is 36.5 Å². The van der Waals surface area contributed by atoms with Gasteiger partial charge in [-0.25, -0.2) is 0 Å². The van der Waals surface area contributed by atoms with Crippen molar-refractivity contribution < 1.29 is 14.3 Å². The van der Waals surface area contributed by atoms with Crippen LogP contribution in [0.5, 0.6) is 11.5 Å². The number of amides is 1. The Morgan fingerprint density at radius 3 is 2.69 bits per heavy atom. The van der Waals surface area contributed by atoms with Crippen molar-refractivity contribution in [2.45, 2.75) is 26.3 Å². The second-order valence-electron chi connectivity index (χ2n) is 5.79. The highest BCUT2D eigenvalue weighted by Gasteiger charge is 2.09. The summed E-state index contributed by atoms with van der Waals surface area (Å²) in [6, 6.07) is 15.4. The molecule has 0 saturated carbocycles. The van der Waals surface area contributed by atoms with Gasteiger partial charge in [0.2, 0.25) is 0 Å². The first kappa shape index (κ1) is 18.2. The summed E-state index contributed by atoms with van der Waals surface area (Å²) in [6.07, 6.45) is 1.21. The maximum atomic E-state index is 12.3. The highest BCUT2D eigenvalue weighted by Crippen LogP contribution is 2.23. The van der Waals surface area contributed by atoms with Crippen LogP contribution in [-0.2, 0) is 11.3 Å². The fourth-order valence-electron chi connectivity index (χ4n) is 2.64. The number of hydrogen-bond acceptors (Lipinski definition) is 4. The second kappa shape index (κ2) is 8.67. The van der Waals surface area contributed by atoms with Crippen molar-refractivity contribution in [2.24, 2.45) is 4.99 Å². The maximum absolute atomic E-state index is 12.3. The van der Waals surface area contributed by atoms with E-state index < -0.39 is 0 Å². The zero-order valence-electron chi connectivity index (χ0n) is 15.0. The number of ether oxygens (including phenoxy) is 2. The highest BCUT2D eigenvalue weighted by molar-refractivity contribution is 7.16. The first-order valence-electron chi connectivity index (χ1n) is 8.64. The molecule has 0 fully saturated rings. The van der Waals surface area contributed by atoms with E-state index in [1.54, 1.807) is 7.11 Å². The van der Waals surface area contributed by atoms with E-state index in [1.807, 2.05) is 48.5 Å². The predicted molar refractivity (Wildman–Crippen MR) is 104 cm³/mol. The topological polar surface area (TPSA) is 52.8 Å². The summed E-state index contributed by atoms with van der Waals surface area (Å²) in [6.45, 7) is 3.23. The highest BCUT2D eigenvalue weighted by atomic mass is 32.1. The molecule has 136 valence electrons. The fraction of sp³-hybridized carbons (Fsp3) is 0.300. The first-order chi connectivity index (χ1) is 12.7. The Bertz CT molecular complexity index is 945. The van der Waals surface area contributed by atoms with Crippen LogP contribution in [0.3, 0.4) is 0 Å². The Labute approximate surface area is 156 Å². The summed E-state index contributed by atoms with van der Waals surface area (Å²) in [5.74, 6) is 1.38. The van der Waals surface area contributed by atoms with Gasteiger partial charge in [-0.3, -0.25) is 4.79 Å². The number of hydrogen-bond donors (Lipinski definition) is 0. The third-order valence-electron chi connectivity index (χ3n) is 3.88. The number of methoxy groups -OCH3 is 1. The molecular formula is C20H22N2O3S. The van der Waals surface area contributed by atoms with Crippen LogP contribution >= 0.6 is 11.3 Å². The van der Waals surface area contributed by atoms with E-state index in [1.165, 1.54) is 11.3 Å². The molecule has 3 aromatic rings. The van der Waals surface area contributed by atoms with Crippen LogP contribution < -0.4 is 14.3 Å². The average molecular weight is 370 g/mol. The van der Waals surface area contributed by atoms with Crippen molar-refractivity contribution in [2.75, 3.05) is 13.7 Å². The van der Waals surface area contributed by atoms with Crippen LogP contribution in [0, 0.1) is 0 Å². The summed E-state index contributed by atoms with van der Waals surface area (Å²) in [7, 11) is 1.65. The molecule has 0 aliphatic carbocycles. The van der Waals surface area contributed by atoms with E-state index in [2.05, 4.69) is 16.5 Å². The van der Waals surface area contributed by atoms with Crippen molar-refractivity contribution in [1.29, 1.82) is 0 Å². The summed E-state index contributed by atoms with van der Waals surface area (Å²) >= 11 is 1.52. The normalized spacial score (nSPS) is 11.7. The van der Waals surface area contributed by atoms with E-state index in [4.69, 9.17) is 9.47 Å². The van der Waals surface area contributed by atoms with Crippen LogP contribution in [0.1, 0.15) is 19.8 Å². The van der Waals surface area contributed by atoms with Crippen molar-refractivity contribution in [3.63, 3.8) is 0 Å². The largest absolute Gasteiger partial charge is 0.497 e. The standard InChI is InChI=1S/C20H22N2O3S/c1-3-12-22-17-14-16(24-2)9-10-18(17)26-20(22)21-19(23)11-13-25-15-7-5-4-6-8-15/h4-10,14H,3,11-13H2,1-2H3. The van der Waals surface area contributed by atoms with Crippen molar-refractivity contribution in [1.82, 2.24) is 4.57 Å². The monoisotopic (exact) mass is 370 g/mol. The molecule has 0 aliphatic rings. The number of carbonyl (C=O) groups is 1. The minimum Gasteiger partial charge on any atom is -0.497 e. The Balaban J connectivity index is 1.79. The zero-order valence-corrected chi connectivity index (χ0v) is 15.8. The second-order valence-corrected chi connectivity index (χ2v) is 6.80. The SMILES string of the molecule is CCCn1c(=NC(=O)CCOc2ccccc2)sc2ccc(OC)cc21. The minimum atomic E-state index is -0.177. The van der Waals surface area contributed by atoms with Gasteiger partial charge in [0, 0.05) is 12.6 Å². The van der Waals surface area contributed by atoms with E-state index in [0.29, 0.717) is 6.61 Å². The van der Waals surface area contributed by atoms with Gasteiger partial charge in [0.05, 0.1) is 30.4 Å². The van der Waals surface area contributed by atoms with Gasteiger partial charge in [0.15, 0.2) is 4.80 Å². The zero-order chi connectivity index (χ0) is 18.4. The molecule has 1 amide bonds. The Kier molecular flexibility index (Phi) is 6.07. The maximum Gasteiger partial charge on any atom is 0.251 e. The molecule has 0 spiro atoms. The third kappa shape index (κ3) is 4.32. The molecule has 0 aliphatic heterocycles. The number of carbonyl (C=O) groups excluding carboxylic acids is 1. The summed E-state index contributed by atoms with van der Waals surface area (Å²) in [5.41, 5.74) is 1.04.